The van der Waals surface area contributed by atoms with Gasteiger partial charge in [-0.15, -0.1) is 0 Å². The second kappa shape index (κ2) is 11.7. The summed E-state index contributed by atoms with van der Waals surface area (Å²) in [6.45, 7) is 5.35. The molecule has 1 amide bonds. The number of hydrogen-bond donors (Lipinski definition) is 1. The van der Waals surface area contributed by atoms with Crippen LogP contribution in [-0.2, 0) is 24.4 Å². The van der Waals surface area contributed by atoms with E-state index in [2.05, 4.69) is 5.32 Å². The molecule has 0 aromatic rings. The van der Waals surface area contributed by atoms with Crippen LogP contribution in [0.25, 0.3) is 0 Å². The molecular weight excluding hydrogens is 324 g/mol. The van der Waals surface area contributed by atoms with E-state index in [4.69, 9.17) is 9.47 Å². The number of nitrogens with one attached hydrogen (secondary N) is 1. The maximum Gasteiger partial charge on any atom is 0.246 e. The molecule has 0 spiro atoms. The predicted molar refractivity (Wildman–Crippen MR) is 86.0 cm³/mol. The molecule has 9 heteroatoms. The van der Waals surface area contributed by atoms with Crippen molar-refractivity contribution in [2.75, 3.05) is 65.9 Å². The highest BCUT2D eigenvalue weighted by Gasteiger charge is 2.15. The monoisotopic (exact) mass is 354 g/mol. The highest BCUT2D eigenvalue weighted by atomic mass is 32.2. The number of hydrogen-bond acceptors (Lipinski definition) is 6. The molecule has 0 aromatic carbocycles. The minimum atomic E-state index is -4.14. The first-order chi connectivity index (χ1) is 10.7. The van der Waals surface area contributed by atoms with Crippen molar-refractivity contribution in [1.82, 2.24) is 5.32 Å². The van der Waals surface area contributed by atoms with E-state index in [9.17, 15) is 17.8 Å². The molecule has 0 bridgehead atoms. The van der Waals surface area contributed by atoms with Gasteiger partial charge in [0.25, 0.3) is 0 Å². The third-order valence-electron chi connectivity index (χ3n) is 3.23. The standard InChI is InChI=1S/C14H30N2O6S/c1-4-21-10-11-22-13-14(17)15-7-5-8-16(2,3)9-6-12-23(18,19)20/h4-13H2,1-3H3,(H-,15,17,18,19,20). The van der Waals surface area contributed by atoms with Crippen LogP contribution in [0.2, 0.25) is 0 Å². The zero-order chi connectivity index (χ0) is 17.8. The summed E-state index contributed by atoms with van der Waals surface area (Å²) in [5.41, 5.74) is 0. The van der Waals surface area contributed by atoms with Gasteiger partial charge < -0.3 is 23.8 Å². The molecule has 0 aliphatic heterocycles. The van der Waals surface area contributed by atoms with E-state index in [0.717, 1.165) is 13.0 Å². The van der Waals surface area contributed by atoms with Crippen LogP contribution in [0.3, 0.4) is 0 Å². The Morgan fingerprint density at radius 2 is 1.74 bits per heavy atom. The number of ether oxygens (including phenoxy) is 2. The summed E-state index contributed by atoms with van der Waals surface area (Å²) in [7, 11) is -0.201. The second-order valence-corrected chi connectivity index (χ2v) is 7.47. The van der Waals surface area contributed by atoms with Gasteiger partial charge in [-0.1, -0.05) is 0 Å². The highest BCUT2D eigenvalue weighted by molar-refractivity contribution is 7.85. The van der Waals surface area contributed by atoms with Gasteiger partial charge in [0, 0.05) is 31.7 Å². The van der Waals surface area contributed by atoms with Crippen molar-refractivity contribution in [3.63, 3.8) is 0 Å². The zero-order valence-electron chi connectivity index (χ0n) is 14.4. The smallest absolute Gasteiger partial charge is 0.246 e. The first-order valence-corrected chi connectivity index (χ1v) is 9.42. The largest absolute Gasteiger partial charge is 0.748 e. The topological polar surface area (TPSA) is 105 Å². The van der Waals surface area contributed by atoms with Crippen molar-refractivity contribution in [3.8, 4) is 0 Å². The van der Waals surface area contributed by atoms with Gasteiger partial charge in [-0.3, -0.25) is 4.79 Å². The lowest BCUT2D eigenvalue weighted by atomic mass is 10.3. The average Bonchev–Trinajstić information content (AvgIpc) is 2.42. The molecule has 0 saturated carbocycles. The molecular formula is C14H30N2O6S. The minimum Gasteiger partial charge on any atom is -0.748 e. The van der Waals surface area contributed by atoms with Crippen molar-refractivity contribution in [1.29, 1.82) is 0 Å². The Morgan fingerprint density at radius 1 is 1.13 bits per heavy atom. The summed E-state index contributed by atoms with van der Waals surface area (Å²) in [5, 5.41) is 2.77. The molecule has 8 nitrogen and oxygen atoms in total. The number of quaternary nitrogens is 1. The molecule has 0 aromatic heterocycles. The normalized spacial score (nSPS) is 12.3. The summed E-state index contributed by atoms with van der Waals surface area (Å²) in [4.78, 5) is 11.5. The Labute approximate surface area is 139 Å². The number of carbonyl (C=O) groups is 1. The van der Waals surface area contributed by atoms with Crippen molar-refractivity contribution < 1.29 is 31.7 Å². The number of amides is 1. The Bertz CT molecular complexity index is 425. The molecule has 0 atom stereocenters. The van der Waals surface area contributed by atoms with E-state index < -0.39 is 10.1 Å². The number of carbonyl (C=O) groups excluding carboxylic acids is 1. The summed E-state index contributed by atoms with van der Waals surface area (Å²) >= 11 is 0. The van der Waals surface area contributed by atoms with Crippen LogP contribution >= 0.6 is 0 Å². The maximum absolute atomic E-state index is 11.5. The average molecular weight is 354 g/mol. The summed E-state index contributed by atoms with van der Waals surface area (Å²) in [6, 6.07) is 0. The van der Waals surface area contributed by atoms with E-state index in [0.29, 0.717) is 43.8 Å². The van der Waals surface area contributed by atoms with E-state index in [1.807, 2.05) is 21.0 Å². The Balaban J connectivity index is 3.66. The summed E-state index contributed by atoms with van der Waals surface area (Å²) in [6.07, 6.45) is 1.11. The van der Waals surface area contributed by atoms with E-state index in [1.54, 1.807) is 0 Å². The summed E-state index contributed by atoms with van der Waals surface area (Å²) < 4.78 is 42.6. The van der Waals surface area contributed by atoms with Crippen LogP contribution in [0.5, 0.6) is 0 Å². The Kier molecular flexibility index (Phi) is 11.4. The van der Waals surface area contributed by atoms with Crippen LogP contribution in [0, 0.1) is 0 Å². The number of nitrogens with zero attached hydrogens (tertiary/aromatic N) is 1. The first kappa shape index (κ1) is 22.3. The van der Waals surface area contributed by atoms with Crippen LogP contribution < -0.4 is 5.32 Å². The van der Waals surface area contributed by atoms with Crippen LogP contribution in [0.15, 0.2) is 0 Å². The van der Waals surface area contributed by atoms with E-state index in [-0.39, 0.29) is 18.3 Å². The SMILES string of the molecule is CCOCCOCC(=O)NCCC[N+](C)(C)CCCS(=O)(=O)[O-]. The van der Waals surface area contributed by atoms with Crippen molar-refractivity contribution in [2.45, 2.75) is 19.8 Å². The van der Waals surface area contributed by atoms with Crippen LogP contribution in [0.4, 0.5) is 0 Å². The van der Waals surface area contributed by atoms with Gasteiger partial charge in [-0.2, -0.15) is 0 Å². The first-order valence-electron chi connectivity index (χ1n) is 7.84. The van der Waals surface area contributed by atoms with Crippen molar-refractivity contribution in [3.05, 3.63) is 0 Å². The third kappa shape index (κ3) is 15.9. The van der Waals surface area contributed by atoms with Crippen LogP contribution in [0.1, 0.15) is 19.8 Å². The lowest BCUT2D eigenvalue weighted by Gasteiger charge is -2.30. The molecule has 0 radical (unpaired) electrons. The molecule has 0 heterocycles. The lowest BCUT2D eigenvalue weighted by Crippen LogP contribution is -2.43. The molecule has 0 rings (SSSR count). The Hall–Kier alpha value is -0.740. The predicted octanol–water partition coefficient (Wildman–Crippen LogP) is -0.442. The summed E-state index contributed by atoms with van der Waals surface area (Å²) in [5.74, 6) is -0.492. The van der Waals surface area contributed by atoms with E-state index in [1.165, 1.54) is 0 Å². The van der Waals surface area contributed by atoms with Gasteiger partial charge in [-0.25, -0.2) is 8.42 Å². The van der Waals surface area contributed by atoms with Gasteiger partial charge in [0.15, 0.2) is 0 Å². The van der Waals surface area contributed by atoms with Gasteiger partial charge >= 0.3 is 0 Å². The Morgan fingerprint density at radius 3 is 2.35 bits per heavy atom. The van der Waals surface area contributed by atoms with Gasteiger partial charge in [0.05, 0.1) is 50.5 Å². The molecule has 23 heavy (non-hydrogen) atoms. The van der Waals surface area contributed by atoms with Gasteiger partial charge in [0.2, 0.25) is 5.91 Å². The fourth-order valence-corrected chi connectivity index (χ4v) is 2.48. The highest BCUT2D eigenvalue weighted by Crippen LogP contribution is 2.02. The van der Waals surface area contributed by atoms with Crippen molar-refractivity contribution in [2.24, 2.45) is 0 Å². The minimum absolute atomic E-state index is 0.0205. The number of rotatable bonds is 14. The molecule has 0 aliphatic rings. The fourth-order valence-electron chi connectivity index (χ4n) is 1.99. The lowest BCUT2D eigenvalue weighted by molar-refractivity contribution is -0.890. The molecule has 0 aliphatic carbocycles. The molecule has 138 valence electrons. The molecule has 1 N–H and O–H groups in total. The maximum atomic E-state index is 11.5. The zero-order valence-corrected chi connectivity index (χ0v) is 15.2. The third-order valence-corrected chi connectivity index (χ3v) is 4.02. The van der Waals surface area contributed by atoms with Gasteiger partial charge in [0.1, 0.15) is 6.61 Å². The second-order valence-electron chi connectivity index (χ2n) is 5.95. The van der Waals surface area contributed by atoms with Crippen molar-refractivity contribution >= 4 is 16.0 Å². The van der Waals surface area contributed by atoms with E-state index >= 15 is 0 Å². The van der Waals surface area contributed by atoms with Gasteiger partial charge in [-0.05, 0) is 6.92 Å². The molecule has 0 saturated heterocycles. The fraction of sp³-hybridized carbons (Fsp3) is 0.929. The molecule has 0 fully saturated rings. The quantitative estimate of drug-likeness (QED) is 0.257. The molecule has 0 unspecified atom stereocenters. The van der Waals surface area contributed by atoms with Crippen LogP contribution in [-0.4, -0.2) is 89.3 Å².